The Labute approximate surface area is 175 Å². The van der Waals surface area contributed by atoms with Crippen LogP contribution in [0, 0.1) is 5.92 Å². The third-order valence-corrected chi connectivity index (χ3v) is 5.61. The number of carbonyl (C=O) groups is 1. The fraction of sp³-hybridized carbons (Fsp3) is 0.435. The van der Waals surface area contributed by atoms with Crippen LogP contribution in [-0.4, -0.2) is 19.1 Å². The van der Waals surface area contributed by atoms with Crippen LogP contribution in [0.4, 0.5) is 5.69 Å². The van der Waals surface area contributed by atoms with E-state index in [1.165, 1.54) is 32.1 Å². The molecule has 0 atom stereocenters. The Hall–Kier alpha value is -2.01. The summed E-state index contributed by atoms with van der Waals surface area (Å²) in [6.07, 6.45) is 7.92. The molecule has 1 N–H and O–H groups in total. The first kappa shape index (κ1) is 20.7. The van der Waals surface area contributed by atoms with E-state index in [4.69, 9.17) is 9.47 Å². The lowest BCUT2D eigenvalue weighted by Crippen LogP contribution is -2.14. The van der Waals surface area contributed by atoms with Crippen molar-refractivity contribution in [2.24, 2.45) is 5.92 Å². The minimum Gasteiger partial charge on any atom is -0.494 e. The molecule has 0 aromatic heterocycles. The van der Waals surface area contributed by atoms with Crippen molar-refractivity contribution in [1.29, 1.82) is 0 Å². The number of carbonyl (C=O) groups excluding carboxylic acids is 1. The molecule has 3 rings (SSSR count). The number of ether oxygens (including phenoxy) is 2. The Morgan fingerprint density at radius 1 is 1.07 bits per heavy atom. The van der Waals surface area contributed by atoms with Gasteiger partial charge in [-0.2, -0.15) is 0 Å². The molecule has 5 heteroatoms. The van der Waals surface area contributed by atoms with E-state index in [1.54, 1.807) is 12.1 Å². The average molecular weight is 446 g/mol. The highest BCUT2D eigenvalue weighted by molar-refractivity contribution is 9.10. The highest BCUT2D eigenvalue weighted by atomic mass is 79.9. The molecule has 1 saturated carbocycles. The predicted octanol–water partition coefficient (Wildman–Crippen LogP) is 6.45. The van der Waals surface area contributed by atoms with E-state index in [0.717, 1.165) is 34.9 Å². The highest BCUT2D eigenvalue weighted by Gasteiger charge is 2.14. The van der Waals surface area contributed by atoms with Gasteiger partial charge >= 0.3 is 0 Å². The standard InChI is InChI=1S/C23H28BrNO3/c1-2-27-22-13-8-18(24)16-21(22)23(26)25-19-9-11-20(12-10-19)28-15-14-17-6-4-3-5-7-17/h8-13,16-17H,2-7,14-15H2,1H3,(H,25,26). The van der Waals surface area contributed by atoms with Gasteiger partial charge in [0.05, 0.1) is 18.8 Å². The summed E-state index contributed by atoms with van der Waals surface area (Å²) in [7, 11) is 0. The minimum absolute atomic E-state index is 0.198. The fourth-order valence-electron chi connectivity index (χ4n) is 3.61. The molecule has 0 bridgehead atoms. The first-order valence-electron chi connectivity index (χ1n) is 10.1. The second kappa shape index (κ2) is 10.5. The van der Waals surface area contributed by atoms with Gasteiger partial charge in [0.15, 0.2) is 0 Å². The number of hydrogen-bond donors (Lipinski definition) is 1. The summed E-state index contributed by atoms with van der Waals surface area (Å²) in [6.45, 7) is 3.16. The summed E-state index contributed by atoms with van der Waals surface area (Å²) in [5, 5.41) is 2.92. The fourth-order valence-corrected chi connectivity index (χ4v) is 3.97. The Balaban J connectivity index is 1.53. The van der Waals surface area contributed by atoms with Crippen molar-refractivity contribution in [2.75, 3.05) is 18.5 Å². The molecule has 0 spiro atoms. The zero-order chi connectivity index (χ0) is 19.8. The Kier molecular flexibility index (Phi) is 7.78. The lowest BCUT2D eigenvalue weighted by molar-refractivity contribution is 0.102. The van der Waals surface area contributed by atoms with E-state index in [0.29, 0.717) is 17.9 Å². The number of hydrogen-bond acceptors (Lipinski definition) is 3. The number of halogens is 1. The van der Waals surface area contributed by atoms with Gasteiger partial charge in [0.2, 0.25) is 0 Å². The molecule has 1 amide bonds. The maximum atomic E-state index is 12.7. The summed E-state index contributed by atoms with van der Waals surface area (Å²) < 4.78 is 12.3. The van der Waals surface area contributed by atoms with Crippen LogP contribution in [0.5, 0.6) is 11.5 Å². The maximum Gasteiger partial charge on any atom is 0.259 e. The number of benzene rings is 2. The van der Waals surface area contributed by atoms with Gasteiger partial charge in [-0.05, 0) is 61.7 Å². The highest BCUT2D eigenvalue weighted by Crippen LogP contribution is 2.27. The zero-order valence-electron chi connectivity index (χ0n) is 16.4. The van der Waals surface area contributed by atoms with E-state index in [1.807, 2.05) is 37.3 Å². The van der Waals surface area contributed by atoms with Crippen molar-refractivity contribution in [3.63, 3.8) is 0 Å². The van der Waals surface area contributed by atoms with E-state index in [-0.39, 0.29) is 5.91 Å². The minimum atomic E-state index is -0.198. The first-order chi connectivity index (χ1) is 13.7. The summed E-state index contributed by atoms with van der Waals surface area (Å²) in [6, 6.07) is 13.0. The van der Waals surface area contributed by atoms with Crippen LogP contribution in [0.1, 0.15) is 55.8 Å². The maximum absolute atomic E-state index is 12.7. The molecular formula is C23H28BrNO3. The molecule has 0 saturated heterocycles. The number of rotatable bonds is 8. The Morgan fingerprint density at radius 3 is 2.54 bits per heavy atom. The molecular weight excluding hydrogens is 418 g/mol. The van der Waals surface area contributed by atoms with Gasteiger partial charge in [0, 0.05) is 10.2 Å². The molecule has 1 aliphatic rings. The third kappa shape index (κ3) is 5.99. The van der Waals surface area contributed by atoms with E-state index >= 15 is 0 Å². The Morgan fingerprint density at radius 2 is 1.82 bits per heavy atom. The molecule has 0 heterocycles. The number of amides is 1. The molecule has 0 unspecified atom stereocenters. The molecule has 0 aliphatic heterocycles. The van der Waals surface area contributed by atoms with Crippen LogP contribution in [0.25, 0.3) is 0 Å². The van der Waals surface area contributed by atoms with Crippen molar-refractivity contribution < 1.29 is 14.3 Å². The first-order valence-corrected chi connectivity index (χ1v) is 10.9. The Bertz CT molecular complexity index is 770. The smallest absolute Gasteiger partial charge is 0.259 e. The van der Waals surface area contributed by atoms with Gasteiger partial charge in [-0.1, -0.05) is 48.0 Å². The predicted molar refractivity (Wildman–Crippen MR) is 116 cm³/mol. The normalized spacial score (nSPS) is 14.5. The summed E-state index contributed by atoms with van der Waals surface area (Å²) in [5.74, 6) is 2.03. The van der Waals surface area contributed by atoms with Gasteiger partial charge in [0.1, 0.15) is 11.5 Å². The SMILES string of the molecule is CCOc1ccc(Br)cc1C(=O)Nc1ccc(OCCC2CCCCC2)cc1. The second-order valence-corrected chi connectivity index (χ2v) is 8.11. The van der Waals surface area contributed by atoms with Crippen LogP contribution in [0.2, 0.25) is 0 Å². The van der Waals surface area contributed by atoms with Crippen molar-refractivity contribution in [2.45, 2.75) is 45.4 Å². The van der Waals surface area contributed by atoms with Gasteiger partial charge < -0.3 is 14.8 Å². The van der Waals surface area contributed by atoms with Crippen LogP contribution in [0.3, 0.4) is 0 Å². The molecule has 1 fully saturated rings. The van der Waals surface area contributed by atoms with Crippen molar-refractivity contribution in [3.05, 3.63) is 52.5 Å². The van der Waals surface area contributed by atoms with Crippen molar-refractivity contribution in [3.8, 4) is 11.5 Å². The second-order valence-electron chi connectivity index (χ2n) is 7.19. The summed E-state index contributed by atoms with van der Waals surface area (Å²) in [4.78, 5) is 12.7. The van der Waals surface area contributed by atoms with Gasteiger partial charge in [-0.15, -0.1) is 0 Å². The summed E-state index contributed by atoms with van der Waals surface area (Å²) >= 11 is 3.41. The quantitative estimate of drug-likeness (QED) is 0.507. The molecule has 150 valence electrons. The largest absolute Gasteiger partial charge is 0.494 e. The van der Waals surface area contributed by atoms with Crippen molar-refractivity contribution >= 4 is 27.5 Å². The number of anilines is 1. The van der Waals surface area contributed by atoms with E-state index < -0.39 is 0 Å². The number of nitrogens with one attached hydrogen (secondary N) is 1. The average Bonchev–Trinajstić information content (AvgIpc) is 2.71. The van der Waals surface area contributed by atoms with Gasteiger partial charge in [-0.3, -0.25) is 4.79 Å². The zero-order valence-corrected chi connectivity index (χ0v) is 18.0. The van der Waals surface area contributed by atoms with Crippen LogP contribution < -0.4 is 14.8 Å². The lowest BCUT2D eigenvalue weighted by Gasteiger charge is -2.21. The van der Waals surface area contributed by atoms with Crippen LogP contribution in [-0.2, 0) is 0 Å². The van der Waals surface area contributed by atoms with Crippen molar-refractivity contribution in [1.82, 2.24) is 0 Å². The van der Waals surface area contributed by atoms with Crippen LogP contribution >= 0.6 is 15.9 Å². The van der Waals surface area contributed by atoms with E-state index in [2.05, 4.69) is 21.2 Å². The molecule has 4 nitrogen and oxygen atoms in total. The molecule has 2 aromatic rings. The molecule has 1 aliphatic carbocycles. The lowest BCUT2D eigenvalue weighted by atomic mass is 9.87. The topological polar surface area (TPSA) is 47.6 Å². The monoisotopic (exact) mass is 445 g/mol. The van der Waals surface area contributed by atoms with Gasteiger partial charge in [0.25, 0.3) is 5.91 Å². The van der Waals surface area contributed by atoms with E-state index in [9.17, 15) is 4.79 Å². The molecule has 0 radical (unpaired) electrons. The molecule has 28 heavy (non-hydrogen) atoms. The molecule has 2 aromatic carbocycles. The van der Waals surface area contributed by atoms with Gasteiger partial charge in [-0.25, -0.2) is 0 Å². The summed E-state index contributed by atoms with van der Waals surface area (Å²) in [5.41, 5.74) is 1.23. The third-order valence-electron chi connectivity index (χ3n) is 5.12. The van der Waals surface area contributed by atoms with Crippen LogP contribution in [0.15, 0.2) is 46.9 Å².